The Balaban J connectivity index is 1.98. The number of aromatic nitrogens is 1. The van der Waals surface area contributed by atoms with Crippen LogP contribution in [0.15, 0.2) is 37.8 Å². The van der Waals surface area contributed by atoms with Gasteiger partial charge in [0, 0.05) is 27.5 Å². The third-order valence-corrected chi connectivity index (χ3v) is 3.68. The number of oxazole rings is 1. The van der Waals surface area contributed by atoms with Crippen LogP contribution in [0, 0.1) is 5.92 Å². The van der Waals surface area contributed by atoms with Gasteiger partial charge in [0.15, 0.2) is 11.7 Å². The van der Waals surface area contributed by atoms with Crippen LogP contribution in [0.25, 0.3) is 11.3 Å². The Kier molecular flexibility index (Phi) is 5.81. The average Bonchev–Trinajstić information content (AvgIpc) is 2.82. The Hall–Kier alpha value is -0.650. The van der Waals surface area contributed by atoms with Crippen LogP contribution in [0.3, 0.4) is 0 Å². The van der Waals surface area contributed by atoms with Gasteiger partial charge in [0.2, 0.25) is 0 Å². The summed E-state index contributed by atoms with van der Waals surface area (Å²) in [6, 6.07) is 6.04. The summed E-state index contributed by atoms with van der Waals surface area (Å²) in [7, 11) is 0. The predicted molar refractivity (Wildman–Crippen MR) is 88.8 cm³/mol. The second-order valence-corrected chi connectivity index (χ2v) is 6.96. The maximum Gasteiger partial charge on any atom is 0.196 e. The van der Waals surface area contributed by atoms with Crippen molar-refractivity contribution in [2.24, 2.45) is 5.92 Å². The number of benzene rings is 1. The standard InChI is InChI=1S/C15H18Br2N2O/c1-10(2)8-18-4-3-15-19-9-14(20-15)11-5-12(16)7-13(17)6-11/h5-7,9-10,18H,3-4,8H2,1-2H3. The zero-order valence-corrected chi connectivity index (χ0v) is 14.8. The first-order chi connectivity index (χ1) is 9.54. The molecule has 0 saturated carbocycles. The van der Waals surface area contributed by atoms with Crippen LogP contribution in [0.5, 0.6) is 0 Å². The third-order valence-electron chi connectivity index (χ3n) is 2.77. The molecule has 0 aliphatic rings. The quantitative estimate of drug-likeness (QED) is 0.715. The van der Waals surface area contributed by atoms with E-state index < -0.39 is 0 Å². The Morgan fingerprint density at radius 2 is 1.90 bits per heavy atom. The summed E-state index contributed by atoms with van der Waals surface area (Å²) in [6.45, 7) is 6.30. The monoisotopic (exact) mass is 400 g/mol. The first-order valence-corrected chi connectivity index (χ1v) is 8.25. The molecule has 0 fully saturated rings. The molecule has 0 unspecified atom stereocenters. The zero-order valence-electron chi connectivity index (χ0n) is 11.6. The van der Waals surface area contributed by atoms with E-state index in [1.807, 2.05) is 18.2 Å². The van der Waals surface area contributed by atoms with Gasteiger partial charge in [-0.05, 0) is 30.7 Å². The molecule has 0 aliphatic carbocycles. The van der Waals surface area contributed by atoms with Crippen LogP contribution in [-0.2, 0) is 6.42 Å². The molecule has 20 heavy (non-hydrogen) atoms. The van der Waals surface area contributed by atoms with Gasteiger partial charge in [-0.3, -0.25) is 0 Å². The highest BCUT2D eigenvalue weighted by Crippen LogP contribution is 2.28. The van der Waals surface area contributed by atoms with Crippen LogP contribution >= 0.6 is 31.9 Å². The van der Waals surface area contributed by atoms with E-state index in [0.29, 0.717) is 5.92 Å². The molecule has 108 valence electrons. The van der Waals surface area contributed by atoms with Gasteiger partial charge in [0.25, 0.3) is 0 Å². The smallest absolute Gasteiger partial charge is 0.196 e. The Morgan fingerprint density at radius 1 is 1.20 bits per heavy atom. The van der Waals surface area contributed by atoms with Gasteiger partial charge in [-0.15, -0.1) is 0 Å². The molecule has 1 N–H and O–H groups in total. The molecule has 0 amide bonds. The predicted octanol–water partition coefficient (Wildman–Crippen LogP) is 4.65. The highest BCUT2D eigenvalue weighted by atomic mass is 79.9. The fourth-order valence-corrected chi connectivity index (χ4v) is 3.14. The molecular weight excluding hydrogens is 384 g/mol. The molecule has 0 radical (unpaired) electrons. The third kappa shape index (κ3) is 4.72. The van der Waals surface area contributed by atoms with E-state index in [2.05, 4.69) is 56.0 Å². The molecule has 1 aromatic carbocycles. The van der Waals surface area contributed by atoms with Crippen molar-refractivity contribution in [2.45, 2.75) is 20.3 Å². The van der Waals surface area contributed by atoms with Gasteiger partial charge in [-0.25, -0.2) is 4.98 Å². The molecule has 0 atom stereocenters. The first-order valence-electron chi connectivity index (χ1n) is 6.66. The zero-order chi connectivity index (χ0) is 14.5. The van der Waals surface area contributed by atoms with Crippen molar-refractivity contribution < 1.29 is 4.42 Å². The normalized spacial score (nSPS) is 11.2. The molecule has 2 rings (SSSR count). The minimum absolute atomic E-state index is 0.661. The number of rotatable bonds is 6. The lowest BCUT2D eigenvalue weighted by molar-refractivity contribution is 0.483. The van der Waals surface area contributed by atoms with Crippen LogP contribution < -0.4 is 5.32 Å². The Morgan fingerprint density at radius 3 is 2.55 bits per heavy atom. The van der Waals surface area contributed by atoms with E-state index in [0.717, 1.165) is 45.7 Å². The second-order valence-electron chi connectivity index (χ2n) is 5.12. The maximum absolute atomic E-state index is 5.79. The van der Waals surface area contributed by atoms with Crippen molar-refractivity contribution in [3.8, 4) is 11.3 Å². The van der Waals surface area contributed by atoms with E-state index in [9.17, 15) is 0 Å². The number of halogens is 2. The summed E-state index contributed by atoms with van der Waals surface area (Å²) < 4.78 is 7.82. The number of nitrogens with zero attached hydrogens (tertiary/aromatic N) is 1. The molecular formula is C15H18Br2N2O. The Bertz CT molecular complexity index is 547. The van der Waals surface area contributed by atoms with E-state index in [4.69, 9.17) is 4.42 Å². The number of nitrogens with one attached hydrogen (secondary N) is 1. The lowest BCUT2D eigenvalue weighted by Gasteiger charge is -2.05. The van der Waals surface area contributed by atoms with E-state index >= 15 is 0 Å². The molecule has 0 saturated heterocycles. The van der Waals surface area contributed by atoms with Crippen molar-refractivity contribution in [1.82, 2.24) is 10.3 Å². The highest BCUT2D eigenvalue weighted by Gasteiger charge is 2.08. The van der Waals surface area contributed by atoms with Crippen molar-refractivity contribution in [2.75, 3.05) is 13.1 Å². The largest absolute Gasteiger partial charge is 0.441 e. The van der Waals surface area contributed by atoms with Gasteiger partial charge in [-0.2, -0.15) is 0 Å². The van der Waals surface area contributed by atoms with Gasteiger partial charge in [0.05, 0.1) is 6.20 Å². The number of hydrogen-bond acceptors (Lipinski definition) is 3. The van der Waals surface area contributed by atoms with Crippen molar-refractivity contribution in [3.63, 3.8) is 0 Å². The summed E-state index contributed by atoms with van der Waals surface area (Å²) >= 11 is 6.96. The molecule has 2 aromatic rings. The van der Waals surface area contributed by atoms with Gasteiger partial charge in [-0.1, -0.05) is 45.7 Å². The molecule has 1 aromatic heterocycles. The highest BCUT2D eigenvalue weighted by molar-refractivity contribution is 9.11. The summed E-state index contributed by atoms with van der Waals surface area (Å²) in [4.78, 5) is 4.33. The molecule has 0 bridgehead atoms. The summed E-state index contributed by atoms with van der Waals surface area (Å²) in [5, 5.41) is 3.39. The van der Waals surface area contributed by atoms with Crippen molar-refractivity contribution in [3.05, 3.63) is 39.2 Å². The SMILES string of the molecule is CC(C)CNCCc1ncc(-c2cc(Br)cc(Br)c2)o1. The molecule has 1 heterocycles. The van der Waals surface area contributed by atoms with Crippen LogP contribution in [0.2, 0.25) is 0 Å². The second kappa shape index (κ2) is 7.38. The average molecular weight is 402 g/mol. The minimum atomic E-state index is 0.661. The summed E-state index contributed by atoms with van der Waals surface area (Å²) in [5.74, 6) is 2.23. The van der Waals surface area contributed by atoms with E-state index in [1.54, 1.807) is 6.20 Å². The molecule has 3 nitrogen and oxygen atoms in total. The maximum atomic E-state index is 5.79. The molecule has 0 spiro atoms. The number of hydrogen-bond donors (Lipinski definition) is 1. The summed E-state index contributed by atoms with van der Waals surface area (Å²) in [5.41, 5.74) is 1.01. The lowest BCUT2D eigenvalue weighted by atomic mass is 10.2. The van der Waals surface area contributed by atoms with Crippen molar-refractivity contribution >= 4 is 31.9 Å². The topological polar surface area (TPSA) is 38.1 Å². The molecule has 0 aliphatic heterocycles. The van der Waals surface area contributed by atoms with E-state index in [1.165, 1.54) is 0 Å². The minimum Gasteiger partial charge on any atom is -0.441 e. The fraction of sp³-hybridized carbons (Fsp3) is 0.400. The fourth-order valence-electron chi connectivity index (χ4n) is 1.84. The lowest BCUT2D eigenvalue weighted by Crippen LogP contribution is -2.22. The molecule has 5 heteroatoms. The van der Waals surface area contributed by atoms with Gasteiger partial charge in [0.1, 0.15) is 0 Å². The Labute approximate surface area is 136 Å². The summed E-state index contributed by atoms with van der Waals surface area (Å²) in [6.07, 6.45) is 2.59. The van der Waals surface area contributed by atoms with Crippen LogP contribution in [0.4, 0.5) is 0 Å². The van der Waals surface area contributed by atoms with Crippen molar-refractivity contribution in [1.29, 1.82) is 0 Å². The van der Waals surface area contributed by atoms with Gasteiger partial charge >= 0.3 is 0 Å². The van der Waals surface area contributed by atoms with Crippen LogP contribution in [-0.4, -0.2) is 18.1 Å². The van der Waals surface area contributed by atoms with E-state index in [-0.39, 0.29) is 0 Å². The first kappa shape index (κ1) is 15.7. The van der Waals surface area contributed by atoms with Crippen LogP contribution in [0.1, 0.15) is 19.7 Å². The van der Waals surface area contributed by atoms with Gasteiger partial charge < -0.3 is 9.73 Å².